The fourth-order valence-electron chi connectivity index (χ4n) is 4.19. The maximum absolute atomic E-state index is 12.9. The second-order valence-electron chi connectivity index (χ2n) is 9.37. The molecule has 0 unspecified atom stereocenters. The van der Waals surface area contributed by atoms with Crippen LogP contribution in [0.15, 0.2) is 0 Å². The molecule has 26 heavy (non-hydrogen) atoms. The van der Waals surface area contributed by atoms with Crippen molar-refractivity contribution < 1.29 is 13.2 Å². The predicted molar refractivity (Wildman–Crippen MR) is 106 cm³/mol. The molecule has 152 valence electrons. The number of likely N-dealkylation sites (tertiary alicyclic amines) is 1. The van der Waals surface area contributed by atoms with Crippen molar-refractivity contribution >= 4 is 15.7 Å². The van der Waals surface area contributed by atoms with E-state index in [9.17, 15) is 13.2 Å². The second-order valence-corrected chi connectivity index (χ2v) is 12.2. The first-order valence-electron chi connectivity index (χ1n) is 9.85. The Morgan fingerprint density at radius 1 is 1.23 bits per heavy atom. The minimum Gasteiger partial charge on any atom is -0.338 e. The average Bonchev–Trinajstić information content (AvgIpc) is 2.84. The molecule has 0 aromatic carbocycles. The maximum atomic E-state index is 12.9. The normalized spacial score (nSPS) is 31.3. The molecule has 0 aromatic rings. The minimum atomic E-state index is -3.25. The molecule has 1 amide bonds. The van der Waals surface area contributed by atoms with Crippen LogP contribution in [0.25, 0.3) is 0 Å². The topological polar surface area (TPSA) is 83.7 Å². The third kappa shape index (κ3) is 4.42. The molecular formula is C19H37N3O3S. The molecule has 2 N–H and O–H groups in total. The molecule has 6 nitrogen and oxygen atoms in total. The zero-order valence-electron chi connectivity index (χ0n) is 17.2. The predicted octanol–water partition coefficient (Wildman–Crippen LogP) is 1.64. The van der Waals surface area contributed by atoms with Crippen molar-refractivity contribution in [1.29, 1.82) is 0 Å². The van der Waals surface area contributed by atoms with Crippen LogP contribution in [0, 0.1) is 5.92 Å². The number of amides is 1. The van der Waals surface area contributed by atoms with E-state index in [1.54, 1.807) is 20.8 Å². The molecule has 7 heteroatoms. The van der Waals surface area contributed by atoms with Gasteiger partial charge in [0.2, 0.25) is 5.91 Å². The Balaban J connectivity index is 2.25. The quantitative estimate of drug-likeness (QED) is 0.775. The monoisotopic (exact) mass is 387 g/mol. The molecule has 0 bridgehead atoms. The van der Waals surface area contributed by atoms with Crippen LogP contribution in [0.1, 0.15) is 60.3 Å². The molecule has 1 aliphatic carbocycles. The van der Waals surface area contributed by atoms with E-state index in [1.165, 1.54) is 0 Å². The lowest BCUT2D eigenvalue weighted by Gasteiger charge is -2.45. The minimum absolute atomic E-state index is 0.00927. The fourth-order valence-corrected chi connectivity index (χ4v) is 5.61. The highest BCUT2D eigenvalue weighted by atomic mass is 32.2. The Labute approximate surface area is 159 Å². The first-order chi connectivity index (χ1) is 11.8. The highest BCUT2D eigenvalue weighted by Crippen LogP contribution is 2.36. The number of hydrogen-bond acceptors (Lipinski definition) is 5. The zero-order valence-corrected chi connectivity index (χ0v) is 18.1. The number of rotatable bonds is 5. The van der Waals surface area contributed by atoms with Crippen LogP contribution in [-0.2, 0) is 14.6 Å². The number of nitrogens with zero attached hydrogens (tertiary/aromatic N) is 2. The van der Waals surface area contributed by atoms with Crippen LogP contribution < -0.4 is 5.73 Å². The smallest absolute Gasteiger partial charge is 0.239 e. The van der Waals surface area contributed by atoms with Gasteiger partial charge in [-0.15, -0.1) is 0 Å². The van der Waals surface area contributed by atoms with Crippen LogP contribution in [0.3, 0.4) is 0 Å². The molecule has 0 radical (unpaired) electrons. The lowest BCUT2D eigenvalue weighted by Crippen LogP contribution is -2.53. The first kappa shape index (κ1) is 21.6. The van der Waals surface area contributed by atoms with E-state index in [-0.39, 0.29) is 23.6 Å². The van der Waals surface area contributed by atoms with Crippen LogP contribution in [0.2, 0.25) is 0 Å². The van der Waals surface area contributed by atoms with Crippen molar-refractivity contribution in [2.45, 2.75) is 89.2 Å². The molecule has 2 aliphatic rings. The Hall–Kier alpha value is -0.660. The van der Waals surface area contributed by atoms with E-state index in [4.69, 9.17) is 5.73 Å². The third-order valence-corrected chi connectivity index (χ3v) is 9.09. The van der Waals surface area contributed by atoms with Gasteiger partial charge in [-0.2, -0.15) is 0 Å². The molecule has 1 saturated carbocycles. The molecular weight excluding hydrogens is 350 g/mol. The summed E-state index contributed by atoms with van der Waals surface area (Å²) in [6, 6.07) is 0.340. The lowest BCUT2D eigenvalue weighted by atomic mass is 9.81. The summed E-state index contributed by atoms with van der Waals surface area (Å²) in [5.74, 6) is 0.0973. The number of hydrogen-bond donors (Lipinski definition) is 1. The van der Waals surface area contributed by atoms with Gasteiger partial charge in [-0.25, -0.2) is 8.42 Å². The van der Waals surface area contributed by atoms with Gasteiger partial charge in [-0.05, 0) is 73.3 Å². The van der Waals surface area contributed by atoms with Gasteiger partial charge in [0, 0.05) is 24.7 Å². The summed E-state index contributed by atoms with van der Waals surface area (Å²) in [4.78, 5) is 16.7. The van der Waals surface area contributed by atoms with Gasteiger partial charge in [0.15, 0.2) is 9.84 Å². The van der Waals surface area contributed by atoms with E-state index in [1.807, 2.05) is 4.90 Å². The highest BCUT2D eigenvalue weighted by molar-refractivity contribution is 7.92. The van der Waals surface area contributed by atoms with Gasteiger partial charge in [-0.3, -0.25) is 4.79 Å². The van der Waals surface area contributed by atoms with Gasteiger partial charge in [0.05, 0.1) is 16.5 Å². The number of carbonyl (C=O) groups excluding carboxylic acids is 1. The average molecular weight is 388 g/mol. The van der Waals surface area contributed by atoms with Gasteiger partial charge in [0.1, 0.15) is 0 Å². The Bertz CT molecular complexity index is 612. The number of sulfone groups is 1. The van der Waals surface area contributed by atoms with Gasteiger partial charge in [-0.1, -0.05) is 0 Å². The molecule has 0 spiro atoms. The largest absolute Gasteiger partial charge is 0.338 e. The summed E-state index contributed by atoms with van der Waals surface area (Å²) in [5.41, 5.74) is 5.91. The van der Waals surface area contributed by atoms with Crippen LogP contribution in [-0.4, -0.2) is 72.4 Å². The summed E-state index contributed by atoms with van der Waals surface area (Å²) in [6.45, 7) is 10.3. The summed E-state index contributed by atoms with van der Waals surface area (Å²) in [6.07, 6.45) is 3.33. The van der Waals surface area contributed by atoms with E-state index in [0.29, 0.717) is 25.0 Å². The van der Waals surface area contributed by atoms with Crippen molar-refractivity contribution in [3.05, 3.63) is 0 Å². The number of nitrogens with two attached hydrogens (primary N) is 1. The first-order valence-corrected chi connectivity index (χ1v) is 11.5. The van der Waals surface area contributed by atoms with Crippen molar-refractivity contribution in [2.75, 3.05) is 19.3 Å². The van der Waals surface area contributed by atoms with Crippen molar-refractivity contribution in [1.82, 2.24) is 9.80 Å². The SMILES string of the molecule is CC(C)N(C)[C@@H]1CC[C@H](N2CC[C@H](N)C2=O)[C@H](CS(=O)(=O)C(C)(C)C)C1. The van der Waals surface area contributed by atoms with E-state index in [0.717, 1.165) is 19.3 Å². The van der Waals surface area contributed by atoms with Gasteiger partial charge < -0.3 is 15.5 Å². The molecule has 0 aromatic heterocycles. The Kier molecular flexibility index (Phi) is 6.46. The maximum Gasteiger partial charge on any atom is 0.239 e. The summed E-state index contributed by atoms with van der Waals surface area (Å²) >= 11 is 0. The standard InChI is InChI=1S/C19H37N3O3S/c1-13(2)21(6)15-7-8-17(22-10-9-16(20)18(22)23)14(11-15)12-26(24,25)19(3,4)5/h13-17H,7-12,20H2,1-6H3/t14-,15+,16-,17-/m0/s1. The molecule has 1 heterocycles. The summed E-state index contributed by atoms with van der Waals surface area (Å²) in [7, 11) is -1.13. The van der Waals surface area contributed by atoms with Crippen molar-refractivity contribution in [3.63, 3.8) is 0 Å². The van der Waals surface area contributed by atoms with Crippen LogP contribution >= 0.6 is 0 Å². The second kappa shape index (κ2) is 7.76. The molecule has 1 saturated heterocycles. The van der Waals surface area contributed by atoms with Crippen LogP contribution in [0.5, 0.6) is 0 Å². The molecule has 2 fully saturated rings. The zero-order chi connectivity index (χ0) is 19.9. The van der Waals surface area contributed by atoms with E-state index >= 15 is 0 Å². The van der Waals surface area contributed by atoms with Gasteiger partial charge in [0.25, 0.3) is 0 Å². The summed E-state index contributed by atoms with van der Waals surface area (Å²) < 4.78 is 25.0. The molecule has 4 atom stereocenters. The molecule has 2 rings (SSSR count). The third-order valence-electron chi connectivity index (χ3n) is 6.35. The molecule has 1 aliphatic heterocycles. The fraction of sp³-hybridized carbons (Fsp3) is 0.947. The Morgan fingerprint density at radius 2 is 1.85 bits per heavy atom. The van der Waals surface area contributed by atoms with E-state index < -0.39 is 20.6 Å². The lowest BCUT2D eigenvalue weighted by molar-refractivity contribution is -0.132. The Morgan fingerprint density at radius 3 is 2.31 bits per heavy atom. The number of carbonyl (C=O) groups is 1. The van der Waals surface area contributed by atoms with Crippen molar-refractivity contribution in [3.8, 4) is 0 Å². The van der Waals surface area contributed by atoms with E-state index in [2.05, 4.69) is 25.8 Å². The van der Waals surface area contributed by atoms with Crippen LogP contribution in [0.4, 0.5) is 0 Å². The van der Waals surface area contributed by atoms with Crippen molar-refractivity contribution in [2.24, 2.45) is 11.7 Å². The highest BCUT2D eigenvalue weighted by Gasteiger charge is 2.44. The van der Waals surface area contributed by atoms with Gasteiger partial charge >= 0.3 is 0 Å². The summed E-state index contributed by atoms with van der Waals surface area (Å²) in [5, 5.41) is 0.